The number of ether oxygens (including phenoxy) is 2. The molecule has 2 aliphatic rings. The summed E-state index contributed by atoms with van der Waals surface area (Å²) in [4.78, 5) is 0. The van der Waals surface area contributed by atoms with Crippen molar-refractivity contribution < 1.29 is 14.6 Å². The first-order valence-corrected chi connectivity index (χ1v) is 3.90. The highest BCUT2D eigenvalue weighted by Crippen LogP contribution is 2.29. The van der Waals surface area contributed by atoms with Gasteiger partial charge in [0.1, 0.15) is 18.3 Å². The van der Waals surface area contributed by atoms with Crippen LogP contribution in [0.1, 0.15) is 0 Å². The lowest BCUT2D eigenvalue weighted by atomic mass is 10.1. The van der Waals surface area contributed by atoms with Gasteiger partial charge in [-0.15, -0.1) is 0 Å². The van der Waals surface area contributed by atoms with Crippen LogP contribution in [0, 0.1) is 0 Å². The minimum absolute atomic E-state index is 0.0123. The summed E-state index contributed by atoms with van der Waals surface area (Å²) >= 11 is 4.25. The molecule has 0 radical (unpaired) electrons. The molecule has 2 heterocycles. The van der Waals surface area contributed by atoms with Crippen LogP contribution in [0.4, 0.5) is 0 Å². The molecule has 0 aromatic carbocycles. The fraction of sp³-hybridized carbons (Fsp3) is 1.00. The average molecular weight is 162 g/mol. The van der Waals surface area contributed by atoms with Crippen molar-refractivity contribution in [1.29, 1.82) is 0 Å². The molecule has 0 saturated carbocycles. The van der Waals surface area contributed by atoms with Crippen molar-refractivity contribution in [3.63, 3.8) is 0 Å². The summed E-state index contributed by atoms with van der Waals surface area (Å²) < 4.78 is 10.5. The summed E-state index contributed by atoms with van der Waals surface area (Å²) in [7, 11) is 0. The van der Waals surface area contributed by atoms with Gasteiger partial charge in [-0.3, -0.25) is 0 Å². The largest absolute Gasteiger partial charge is 0.388 e. The van der Waals surface area contributed by atoms with E-state index in [1.165, 1.54) is 0 Å². The highest BCUT2D eigenvalue weighted by molar-refractivity contribution is 7.81. The SMILES string of the molecule is O[C@@H]1CO[C@H]2[C@@H]1OC[C@@H]2S. The standard InChI is InChI=1S/C6H10O3S/c7-3-1-8-6-4(10)2-9-5(3)6/h3-7,10H,1-2H2/t3-,4+,5-,6-/m1/s1. The molecule has 0 aliphatic carbocycles. The number of hydrogen-bond acceptors (Lipinski definition) is 4. The summed E-state index contributed by atoms with van der Waals surface area (Å²) in [5.74, 6) is 0. The monoisotopic (exact) mass is 162 g/mol. The van der Waals surface area contributed by atoms with Gasteiger partial charge in [-0.1, -0.05) is 0 Å². The molecule has 0 spiro atoms. The van der Waals surface area contributed by atoms with Gasteiger partial charge in [-0.2, -0.15) is 12.6 Å². The van der Waals surface area contributed by atoms with Gasteiger partial charge in [0.25, 0.3) is 0 Å². The van der Waals surface area contributed by atoms with E-state index in [1.54, 1.807) is 0 Å². The Labute approximate surface area is 64.7 Å². The van der Waals surface area contributed by atoms with Crippen LogP contribution < -0.4 is 0 Å². The first-order valence-electron chi connectivity index (χ1n) is 3.38. The fourth-order valence-corrected chi connectivity index (χ4v) is 1.80. The summed E-state index contributed by atoms with van der Waals surface area (Å²) in [6, 6.07) is 0. The molecule has 0 unspecified atom stereocenters. The van der Waals surface area contributed by atoms with E-state index in [9.17, 15) is 5.11 Å². The molecular weight excluding hydrogens is 152 g/mol. The molecule has 2 fully saturated rings. The van der Waals surface area contributed by atoms with Gasteiger partial charge in [-0.25, -0.2) is 0 Å². The average Bonchev–Trinajstić information content (AvgIpc) is 2.41. The van der Waals surface area contributed by atoms with Crippen LogP contribution in [-0.4, -0.2) is 41.9 Å². The Hall–Kier alpha value is 0.230. The Bertz CT molecular complexity index is 125. The number of fused-ring (bicyclic) bond motifs is 1. The maximum Gasteiger partial charge on any atom is 0.113 e. The zero-order valence-electron chi connectivity index (χ0n) is 5.43. The van der Waals surface area contributed by atoms with E-state index >= 15 is 0 Å². The maximum absolute atomic E-state index is 9.23. The van der Waals surface area contributed by atoms with E-state index in [4.69, 9.17) is 9.47 Å². The highest BCUT2D eigenvalue weighted by atomic mass is 32.1. The zero-order chi connectivity index (χ0) is 7.14. The van der Waals surface area contributed by atoms with Crippen molar-refractivity contribution in [3.8, 4) is 0 Å². The molecule has 4 atom stereocenters. The van der Waals surface area contributed by atoms with Crippen LogP contribution in [0.3, 0.4) is 0 Å². The van der Waals surface area contributed by atoms with Gasteiger partial charge in [0, 0.05) is 0 Å². The van der Waals surface area contributed by atoms with Crippen molar-refractivity contribution >= 4 is 12.6 Å². The molecule has 0 aromatic rings. The van der Waals surface area contributed by atoms with Crippen molar-refractivity contribution in [3.05, 3.63) is 0 Å². The third kappa shape index (κ3) is 0.871. The Morgan fingerprint density at radius 1 is 1.20 bits per heavy atom. The molecule has 2 rings (SSSR count). The van der Waals surface area contributed by atoms with Crippen molar-refractivity contribution in [2.45, 2.75) is 23.6 Å². The lowest BCUT2D eigenvalue weighted by molar-refractivity contribution is 0.0188. The number of aliphatic hydroxyl groups is 1. The van der Waals surface area contributed by atoms with Crippen LogP contribution in [0.25, 0.3) is 0 Å². The second-order valence-electron chi connectivity index (χ2n) is 2.73. The quantitative estimate of drug-likeness (QED) is 0.469. The molecule has 58 valence electrons. The topological polar surface area (TPSA) is 38.7 Å². The Morgan fingerprint density at radius 2 is 1.90 bits per heavy atom. The van der Waals surface area contributed by atoms with Crippen LogP contribution in [-0.2, 0) is 9.47 Å². The van der Waals surface area contributed by atoms with Gasteiger partial charge < -0.3 is 14.6 Å². The number of aliphatic hydroxyl groups excluding tert-OH is 1. The van der Waals surface area contributed by atoms with E-state index in [0.717, 1.165) is 0 Å². The first-order chi connectivity index (χ1) is 4.79. The maximum atomic E-state index is 9.23. The predicted molar refractivity (Wildman–Crippen MR) is 38.3 cm³/mol. The molecular formula is C6H10O3S. The third-order valence-electron chi connectivity index (χ3n) is 2.00. The van der Waals surface area contributed by atoms with Crippen LogP contribution >= 0.6 is 12.6 Å². The number of hydrogen-bond donors (Lipinski definition) is 2. The molecule has 1 N–H and O–H groups in total. The Balaban J connectivity index is 2.09. The summed E-state index contributed by atoms with van der Waals surface area (Å²) in [5, 5.41) is 9.37. The highest BCUT2D eigenvalue weighted by Gasteiger charge is 2.45. The summed E-state index contributed by atoms with van der Waals surface area (Å²) in [6.07, 6.45) is -0.553. The van der Waals surface area contributed by atoms with Crippen LogP contribution in [0.2, 0.25) is 0 Å². The molecule has 10 heavy (non-hydrogen) atoms. The molecule has 0 amide bonds. The first kappa shape index (κ1) is 6.91. The second-order valence-corrected chi connectivity index (χ2v) is 3.39. The van der Waals surface area contributed by atoms with Crippen molar-refractivity contribution in [2.24, 2.45) is 0 Å². The smallest absolute Gasteiger partial charge is 0.113 e. The molecule has 3 nitrogen and oxygen atoms in total. The number of thiol groups is 1. The van der Waals surface area contributed by atoms with Gasteiger partial charge >= 0.3 is 0 Å². The van der Waals surface area contributed by atoms with E-state index in [-0.39, 0.29) is 17.5 Å². The van der Waals surface area contributed by atoms with Gasteiger partial charge in [-0.05, 0) is 0 Å². The van der Waals surface area contributed by atoms with E-state index in [1.807, 2.05) is 0 Å². The Kier molecular flexibility index (Phi) is 1.64. The lowest BCUT2D eigenvalue weighted by Crippen LogP contribution is -2.29. The molecule has 4 heteroatoms. The van der Waals surface area contributed by atoms with Crippen LogP contribution in [0.15, 0.2) is 0 Å². The zero-order valence-corrected chi connectivity index (χ0v) is 6.33. The molecule has 0 aromatic heterocycles. The number of rotatable bonds is 0. The Morgan fingerprint density at radius 3 is 2.60 bits per heavy atom. The normalized spacial score (nSPS) is 53.4. The van der Waals surface area contributed by atoms with Crippen molar-refractivity contribution in [2.75, 3.05) is 13.2 Å². The van der Waals surface area contributed by atoms with E-state index in [2.05, 4.69) is 12.6 Å². The molecule has 0 bridgehead atoms. The van der Waals surface area contributed by atoms with Gasteiger partial charge in [0.05, 0.1) is 18.5 Å². The summed E-state index contributed by atoms with van der Waals surface area (Å²) in [5.41, 5.74) is 0. The minimum atomic E-state index is -0.442. The molecule has 2 saturated heterocycles. The summed E-state index contributed by atoms with van der Waals surface area (Å²) in [6.45, 7) is 0.988. The van der Waals surface area contributed by atoms with Crippen molar-refractivity contribution in [1.82, 2.24) is 0 Å². The van der Waals surface area contributed by atoms with E-state index < -0.39 is 6.10 Å². The second kappa shape index (κ2) is 2.37. The van der Waals surface area contributed by atoms with Crippen LogP contribution in [0.5, 0.6) is 0 Å². The minimum Gasteiger partial charge on any atom is -0.388 e. The van der Waals surface area contributed by atoms with Gasteiger partial charge in [0.2, 0.25) is 0 Å². The lowest BCUT2D eigenvalue weighted by Gasteiger charge is -2.09. The molecule has 2 aliphatic heterocycles. The van der Waals surface area contributed by atoms with Gasteiger partial charge in [0.15, 0.2) is 0 Å². The third-order valence-corrected chi connectivity index (χ3v) is 2.44. The predicted octanol–water partition coefficient (Wildman–Crippen LogP) is -0.557. The van der Waals surface area contributed by atoms with E-state index in [0.29, 0.717) is 13.2 Å². The fourth-order valence-electron chi connectivity index (χ4n) is 1.46.